The molecule has 0 aliphatic rings. The number of benzene rings is 1. The summed E-state index contributed by atoms with van der Waals surface area (Å²) >= 11 is 0. The Morgan fingerprint density at radius 2 is 2.33 bits per heavy atom. The van der Waals surface area contributed by atoms with Crippen LogP contribution in [-0.2, 0) is 11.3 Å². The summed E-state index contributed by atoms with van der Waals surface area (Å²) in [7, 11) is 0. The lowest BCUT2D eigenvalue weighted by Crippen LogP contribution is -2.18. The molecular weight excluding hydrogens is 239 g/mol. The van der Waals surface area contributed by atoms with Crippen LogP contribution in [0.25, 0.3) is 11.4 Å². The molecule has 0 spiro atoms. The van der Waals surface area contributed by atoms with Gasteiger partial charge in [0, 0.05) is 5.56 Å². The normalized spacial score (nSPS) is 12.3. The van der Waals surface area contributed by atoms with Crippen molar-refractivity contribution in [1.29, 1.82) is 0 Å². The Hall–Kier alpha value is -2.31. The molecule has 1 unspecified atom stereocenters. The van der Waals surface area contributed by atoms with Crippen LogP contribution in [-0.4, -0.2) is 31.3 Å². The third-order valence-corrected chi connectivity index (χ3v) is 2.48. The molecule has 0 aliphatic carbocycles. The molecule has 1 atom stereocenters. The Morgan fingerprint density at radius 3 is 3.00 bits per heavy atom. The second-order valence-corrected chi connectivity index (χ2v) is 3.93. The van der Waals surface area contributed by atoms with E-state index < -0.39 is 17.7 Å². The molecule has 0 saturated carbocycles. The van der Waals surface area contributed by atoms with E-state index in [0.717, 1.165) is 0 Å². The van der Waals surface area contributed by atoms with Crippen molar-refractivity contribution in [3.63, 3.8) is 0 Å². The molecule has 0 radical (unpaired) electrons. The second kappa shape index (κ2) is 4.91. The highest BCUT2D eigenvalue weighted by atomic mass is 19.1. The maximum Gasteiger partial charge on any atom is 0.308 e. The minimum atomic E-state index is -0.935. The number of halogens is 1. The van der Waals surface area contributed by atoms with Crippen LogP contribution < -0.4 is 0 Å². The van der Waals surface area contributed by atoms with Crippen LogP contribution >= 0.6 is 0 Å². The molecule has 1 heterocycles. The Balaban J connectivity index is 2.30. The smallest absolute Gasteiger partial charge is 0.308 e. The predicted molar refractivity (Wildman–Crippen MR) is 60.0 cm³/mol. The van der Waals surface area contributed by atoms with E-state index in [-0.39, 0.29) is 6.54 Å². The molecule has 94 valence electrons. The van der Waals surface area contributed by atoms with Crippen LogP contribution in [0.4, 0.5) is 4.39 Å². The summed E-state index contributed by atoms with van der Waals surface area (Å²) in [6.07, 6.45) is 0. The van der Waals surface area contributed by atoms with Crippen molar-refractivity contribution in [2.75, 3.05) is 0 Å². The largest absolute Gasteiger partial charge is 0.481 e. The maximum atomic E-state index is 13.1. The van der Waals surface area contributed by atoms with Crippen molar-refractivity contribution in [1.82, 2.24) is 20.2 Å². The van der Waals surface area contributed by atoms with Crippen molar-refractivity contribution < 1.29 is 14.3 Å². The van der Waals surface area contributed by atoms with Gasteiger partial charge in [0.25, 0.3) is 0 Å². The van der Waals surface area contributed by atoms with Gasteiger partial charge in [0.2, 0.25) is 0 Å². The number of tetrazole rings is 1. The standard InChI is InChI=1S/C11H11FN4O2/c1-7(11(17)18)6-16-10(13-14-15-16)8-3-2-4-9(12)5-8/h2-5,7H,6H2,1H3,(H,17,18). The van der Waals surface area contributed by atoms with Crippen molar-refractivity contribution in [2.45, 2.75) is 13.5 Å². The summed E-state index contributed by atoms with van der Waals surface area (Å²) in [4.78, 5) is 10.8. The number of carboxylic acids is 1. The fraction of sp³-hybridized carbons (Fsp3) is 0.273. The summed E-state index contributed by atoms with van der Waals surface area (Å²) in [5.74, 6) is -1.60. The molecule has 0 bridgehead atoms. The van der Waals surface area contributed by atoms with Gasteiger partial charge in [0.15, 0.2) is 5.82 Å². The van der Waals surface area contributed by atoms with E-state index in [2.05, 4.69) is 15.5 Å². The molecule has 2 rings (SSSR count). The number of nitrogens with zero attached hydrogens (tertiary/aromatic N) is 4. The van der Waals surface area contributed by atoms with Crippen molar-refractivity contribution in [2.24, 2.45) is 5.92 Å². The summed E-state index contributed by atoms with van der Waals surface area (Å²) in [6.45, 7) is 1.69. The maximum absolute atomic E-state index is 13.1. The van der Waals surface area contributed by atoms with Gasteiger partial charge in [-0.2, -0.15) is 0 Å². The zero-order valence-electron chi connectivity index (χ0n) is 9.62. The summed E-state index contributed by atoms with van der Waals surface area (Å²) < 4.78 is 14.5. The Bertz CT molecular complexity index is 570. The van der Waals surface area contributed by atoms with E-state index in [1.807, 2.05) is 0 Å². The molecule has 0 aliphatic heterocycles. The Labute approximate surface area is 102 Å². The van der Waals surface area contributed by atoms with Crippen LogP contribution in [0, 0.1) is 11.7 Å². The van der Waals surface area contributed by atoms with Gasteiger partial charge in [0.05, 0.1) is 12.5 Å². The Kier molecular flexibility index (Phi) is 3.31. The fourth-order valence-electron chi connectivity index (χ4n) is 1.50. The highest BCUT2D eigenvalue weighted by Crippen LogP contribution is 2.17. The number of aliphatic carboxylic acids is 1. The molecule has 7 heteroatoms. The van der Waals surface area contributed by atoms with Gasteiger partial charge < -0.3 is 5.11 Å². The topological polar surface area (TPSA) is 80.9 Å². The first-order chi connectivity index (χ1) is 8.58. The molecular formula is C11H11FN4O2. The lowest BCUT2D eigenvalue weighted by atomic mass is 10.1. The average Bonchev–Trinajstić information content (AvgIpc) is 2.77. The second-order valence-electron chi connectivity index (χ2n) is 3.93. The molecule has 0 fully saturated rings. The van der Waals surface area contributed by atoms with Gasteiger partial charge >= 0.3 is 5.97 Å². The number of carboxylic acid groups (broad SMARTS) is 1. The van der Waals surface area contributed by atoms with Crippen LogP contribution in [0.2, 0.25) is 0 Å². The van der Waals surface area contributed by atoms with E-state index in [1.54, 1.807) is 19.1 Å². The molecule has 1 N–H and O–H groups in total. The lowest BCUT2D eigenvalue weighted by Gasteiger charge is -2.07. The number of hydrogen-bond acceptors (Lipinski definition) is 4. The van der Waals surface area contributed by atoms with Gasteiger partial charge in [-0.1, -0.05) is 19.1 Å². The monoisotopic (exact) mass is 250 g/mol. The average molecular weight is 250 g/mol. The van der Waals surface area contributed by atoms with E-state index in [0.29, 0.717) is 11.4 Å². The van der Waals surface area contributed by atoms with Gasteiger partial charge in [-0.05, 0) is 22.6 Å². The lowest BCUT2D eigenvalue weighted by molar-refractivity contribution is -0.141. The molecule has 0 saturated heterocycles. The zero-order valence-corrected chi connectivity index (χ0v) is 9.62. The summed E-state index contributed by atoms with van der Waals surface area (Å²) in [6, 6.07) is 5.83. The zero-order chi connectivity index (χ0) is 13.1. The summed E-state index contributed by atoms with van der Waals surface area (Å²) in [5.41, 5.74) is 0.512. The highest BCUT2D eigenvalue weighted by molar-refractivity contribution is 5.69. The van der Waals surface area contributed by atoms with Crippen LogP contribution in [0.15, 0.2) is 24.3 Å². The highest BCUT2D eigenvalue weighted by Gasteiger charge is 2.16. The first kappa shape index (κ1) is 12.2. The molecule has 2 aromatic rings. The Morgan fingerprint density at radius 1 is 1.56 bits per heavy atom. The van der Waals surface area contributed by atoms with E-state index in [1.165, 1.54) is 16.8 Å². The van der Waals surface area contributed by atoms with E-state index >= 15 is 0 Å². The number of rotatable bonds is 4. The molecule has 1 aromatic carbocycles. The van der Waals surface area contributed by atoms with Gasteiger partial charge in [0.1, 0.15) is 5.82 Å². The van der Waals surface area contributed by atoms with E-state index in [4.69, 9.17) is 5.11 Å². The minimum Gasteiger partial charge on any atom is -0.481 e. The van der Waals surface area contributed by atoms with Crippen molar-refractivity contribution in [3.8, 4) is 11.4 Å². The van der Waals surface area contributed by atoms with Gasteiger partial charge in [-0.25, -0.2) is 9.07 Å². The first-order valence-corrected chi connectivity index (χ1v) is 5.33. The van der Waals surface area contributed by atoms with Crippen molar-refractivity contribution >= 4 is 5.97 Å². The van der Waals surface area contributed by atoms with Crippen molar-refractivity contribution in [3.05, 3.63) is 30.1 Å². The third kappa shape index (κ3) is 2.50. The number of carbonyl (C=O) groups is 1. The predicted octanol–water partition coefficient (Wildman–Crippen LogP) is 1.20. The summed E-state index contributed by atoms with van der Waals surface area (Å²) in [5, 5.41) is 19.8. The number of hydrogen-bond donors (Lipinski definition) is 1. The third-order valence-electron chi connectivity index (χ3n) is 2.48. The van der Waals surface area contributed by atoms with Gasteiger partial charge in [-0.15, -0.1) is 5.10 Å². The SMILES string of the molecule is CC(Cn1nnnc1-c1cccc(F)c1)C(=O)O. The number of aromatic nitrogens is 4. The quantitative estimate of drug-likeness (QED) is 0.881. The minimum absolute atomic E-state index is 0.133. The van der Waals surface area contributed by atoms with E-state index in [9.17, 15) is 9.18 Å². The molecule has 0 amide bonds. The van der Waals surface area contributed by atoms with Crippen LogP contribution in [0.3, 0.4) is 0 Å². The van der Waals surface area contributed by atoms with Crippen LogP contribution in [0.5, 0.6) is 0 Å². The fourth-order valence-corrected chi connectivity index (χ4v) is 1.50. The van der Waals surface area contributed by atoms with Crippen LogP contribution in [0.1, 0.15) is 6.92 Å². The molecule has 1 aromatic heterocycles. The first-order valence-electron chi connectivity index (χ1n) is 5.33. The van der Waals surface area contributed by atoms with Gasteiger partial charge in [-0.3, -0.25) is 4.79 Å². The molecule has 6 nitrogen and oxygen atoms in total. The molecule has 18 heavy (non-hydrogen) atoms.